The molecule has 0 atom stereocenters. The van der Waals surface area contributed by atoms with Crippen molar-refractivity contribution in [1.29, 1.82) is 0 Å². The number of pyridine rings is 1. The van der Waals surface area contributed by atoms with Crippen LogP contribution in [-0.2, 0) is 6.42 Å². The van der Waals surface area contributed by atoms with Gasteiger partial charge < -0.3 is 10.1 Å². The summed E-state index contributed by atoms with van der Waals surface area (Å²) in [5.74, 6) is 1.59. The summed E-state index contributed by atoms with van der Waals surface area (Å²) in [4.78, 5) is 4.47. The maximum atomic E-state index is 5.62. The highest BCUT2D eigenvalue weighted by atomic mass is 16.5. The van der Waals surface area contributed by atoms with E-state index in [4.69, 9.17) is 4.74 Å². The second-order valence-electron chi connectivity index (χ2n) is 4.07. The van der Waals surface area contributed by atoms with Gasteiger partial charge in [0, 0.05) is 19.0 Å². The fourth-order valence-corrected chi connectivity index (χ4v) is 1.72. The van der Waals surface area contributed by atoms with E-state index in [1.165, 1.54) is 18.5 Å². The number of fused-ring (bicyclic) bond motifs is 1. The van der Waals surface area contributed by atoms with Crippen LogP contribution in [0.15, 0.2) is 12.1 Å². The molecule has 1 aliphatic carbocycles. The molecule has 3 rings (SSSR count). The molecule has 74 valence electrons. The Morgan fingerprint density at radius 1 is 1.43 bits per heavy atom. The molecule has 0 saturated heterocycles. The van der Waals surface area contributed by atoms with Gasteiger partial charge in [-0.15, -0.1) is 0 Å². The molecule has 0 unspecified atom stereocenters. The summed E-state index contributed by atoms with van der Waals surface area (Å²) >= 11 is 0. The molecule has 1 aromatic rings. The van der Waals surface area contributed by atoms with Gasteiger partial charge in [0.2, 0.25) is 5.88 Å². The van der Waals surface area contributed by atoms with Crippen LogP contribution in [-0.4, -0.2) is 18.1 Å². The molecule has 14 heavy (non-hydrogen) atoms. The lowest BCUT2D eigenvalue weighted by atomic mass is 10.3. The van der Waals surface area contributed by atoms with Crippen LogP contribution in [0.5, 0.6) is 5.88 Å². The van der Waals surface area contributed by atoms with E-state index in [0.717, 1.165) is 37.1 Å². The summed E-state index contributed by atoms with van der Waals surface area (Å²) < 4.78 is 5.62. The number of ether oxygens (including phenoxy) is 1. The Kier molecular flexibility index (Phi) is 1.82. The molecule has 2 heterocycles. The first-order chi connectivity index (χ1) is 6.92. The van der Waals surface area contributed by atoms with E-state index in [1.54, 1.807) is 0 Å². The van der Waals surface area contributed by atoms with Crippen molar-refractivity contribution in [3.05, 3.63) is 17.8 Å². The van der Waals surface area contributed by atoms with E-state index in [-0.39, 0.29) is 0 Å². The predicted molar refractivity (Wildman–Crippen MR) is 54.6 cm³/mol. The third-order valence-electron chi connectivity index (χ3n) is 2.79. The van der Waals surface area contributed by atoms with Crippen molar-refractivity contribution in [2.24, 2.45) is 5.92 Å². The summed E-state index contributed by atoms with van der Waals surface area (Å²) in [5.41, 5.74) is 2.32. The van der Waals surface area contributed by atoms with Crippen LogP contribution >= 0.6 is 0 Å². The summed E-state index contributed by atoms with van der Waals surface area (Å²) in [6, 6.07) is 4.02. The van der Waals surface area contributed by atoms with E-state index in [9.17, 15) is 0 Å². The Hall–Kier alpha value is -1.25. The van der Waals surface area contributed by atoms with Crippen molar-refractivity contribution >= 4 is 5.69 Å². The van der Waals surface area contributed by atoms with Gasteiger partial charge in [-0.05, 0) is 24.8 Å². The molecule has 1 fully saturated rings. The molecule has 0 radical (unpaired) electrons. The topological polar surface area (TPSA) is 34.1 Å². The van der Waals surface area contributed by atoms with E-state index in [0.29, 0.717) is 0 Å². The molecule has 2 aliphatic rings. The largest absolute Gasteiger partial charge is 0.477 e. The quantitative estimate of drug-likeness (QED) is 0.789. The third kappa shape index (κ3) is 1.54. The third-order valence-corrected chi connectivity index (χ3v) is 2.79. The zero-order valence-corrected chi connectivity index (χ0v) is 8.12. The van der Waals surface area contributed by atoms with Gasteiger partial charge in [-0.1, -0.05) is 0 Å². The fraction of sp³-hybridized carbons (Fsp3) is 0.545. The molecular weight excluding hydrogens is 176 g/mol. The first-order valence-corrected chi connectivity index (χ1v) is 5.28. The van der Waals surface area contributed by atoms with Crippen molar-refractivity contribution in [3.8, 4) is 5.88 Å². The number of aromatic nitrogens is 1. The van der Waals surface area contributed by atoms with Gasteiger partial charge in [-0.3, -0.25) is 0 Å². The Bertz CT molecular complexity index is 347. The number of nitrogens with one attached hydrogen (secondary N) is 1. The van der Waals surface area contributed by atoms with Gasteiger partial charge in [-0.25, -0.2) is 4.98 Å². The molecule has 1 aromatic heterocycles. The average molecular weight is 190 g/mol. The molecule has 0 amide bonds. The number of nitrogens with zero attached hydrogens (tertiary/aromatic N) is 1. The van der Waals surface area contributed by atoms with Crippen molar-refractivity contribution in [3.63, 3.8) is 0 Å². The van der Waals surface area contributed by atoms with Crippen molar-refractivity contribution in [2.75, 3.05) is 18.5 Å². The van der Waals surface area contributed by atoms with Crippen molar-refractivity contribution in [1.82, 2.24) is 4.98 Å². The highest BCUT2D eigenvalue weighted by Crippen LogP contribution is 2.30. The van der Waals surface area contributed by atoms with E-state index >= 15 is 0 Å². The zero-order valence-electron chi connectivity index (χ0n) is 8.12. The lowest BCUT2D eigenvalue weighted by molar-refractivity contribution is 0.288. The molecule has 0 aromatic carbocycles. The van der Waals surface area contributed by atoms with Crippen molar-refractivity contribution < 1.29 is 4.74 Å². The minimum Gasteiger partial charge on any atom is -0.477 e. The number of rotatable bonds is 3. The van der Waals surface area contributed by atoms with Crippen LogP contribution in [0, 0.1) is 5.92 Å². The molecule has 1 N–H and O–H groups in total. The molecule has 0 spiro atoms. The monoisotopic (exact) mass is 190 g/mol. The van der Waals surface area contributed by atoms with Gasteiger partial charge >= 0.3 is 0 Å². The van der Waals surface area contributed by atoms with E-state index < -0.39 is 0 Å². The van der Waals surface area contributed by atoms with Crippen LogP contribution in [0.25, 0.3) is 0 Å². The van der Waals surface area contributed by atoms with Crippen LogP contribution < -0.4 is 10.1 Å². The molecule has 3 heteroatoms. The van der Waals surface area contributed by atoms with Gasteiger partial charge in [0.25, 0.3) is 0 Å². The summed E-state index contributed by atoms with van der Waals surface area (Å²) in [6.07, 6.45) is 3.68. The lowest BCUT2D eigenvalue weighted by Crippen LogP contribution is -2.01. The maximum Gasteiger partial charge on any atom is 0.213 e. The van der Waals surface area contributed by atoms with Gasteiger partial charge in [0.15, 0.2) is 0 Å². The summed E-state index contributed by atoms with van der Waals surface area (Å²) in [5, 5.41) is 3.29. The Labute approximate surface area is 83.5 Å². The zero-order chi connectivity index (χ0) is 9.38. The average Bonchev–Trinajstić information content (AvgIpc) is 2.92. The predicted octanol–water partition coefficient (Wildman–Crippen LogP) is 1.84. The number of anilines is 1. The first kappa shape index (κ1) is 8.09. The highest BCUT2D eigenvalue weighted by molar-refractivity contribution is 5.53. The molecule has 3 nitrogen and oxygen atoms in total. The summed E-state index contributed by atoms with van der Waals surface area (Å²) in [7, 11) is 0. The molecule has 0 bridgehead atoms. The lowest BCUT2D eigenvalue weighted by Gasteiger charge is -2.05. The van der Waals surface area contributed by atoms with Gasteiger partial charge in [0.05, 0.1) is 18.0 Å². The fourth-order valence-electron chi connectivity index (χ4n) is 1.72. The minimum absolute atomic E-state index is 0.791. The Balaban J connectivity index is 1.71. The molecular formula is C11H14N2O. The standard InChI is InChI=1S/C11H14N2O/c1-2-8(1)7-14-11-4-3-9-10(13-11)5-6-12-9/h3-4,8,12H,1-2,5-7H2. The summed E-state index contributed by atoms with van der Waals surface area (Å²) in [6.45, 7) is 1.85. The van der Waals surface area contributed by atoms with Gasteiger partial charge in [0.1, 0.15) is 0 Å². The number of hydrogen-bond acceptors (Lipinski definition) is 3. The molecule has 1 aliphatic heterocycles. The second-order valence-corrected chi connectivity index (χ2v) is 4.07. The van der Waals surface area contributed by atoms with E-state index in [1.807, 2.05) is 6.07 Å². The van der Waals surface area contributed by atoms with E-state index in [2.05, 4.69) is 16.4 Å². The Morgan fingerprint density at radius 2 is 2.36 bits per heavy atom. The smallest absolute Gasteiger partial charge is 0.213 e. The second kappa shape index (κ2) is 3.15. The van der Waals surface area contributed by atoms with Crippen LogP contribution in [0.2, 0.25) is 0 Å². The highest BCUT2D eigenvalue weighted by Gasteiger charge is 2.22. The SMILES string of the molecule is c1cc2c(nc1OCC1CC1)CCN2. The Morgan fingerprint density at radius 3 is 3.21 bits per heavy atom. The number of hydrogen-bond donors (Lipinski definition) is 1. The van der Waals surface area contributed by atoms with Gasteiger partial charge in [-0.2, -0.15) is 0 Å². The maximum absolute atomic E-state index is 5.62. The van der Waals surface area contributed by atoms with Crippen LogP contribution in [0.3, 0.4) is 0 Å². The normalized spacial score (nSPS) is 18.9. The minimum atomic E-state index is 0.791. The van der Waals surface area contributed by atoms with Crippen LogP contribution in [0.1, 0.15) is 18.5 Å². The first-order valence-electron chi connectivity index (χ1n) is 5.28. The molecule has 1 saturated carbocycles. The van der Waals surface area contributed by atoms with Crippen LogP contribution in [0.4, 0.5) is 5.69 Å². The van der Waals surface area contributed by atoms with Crippen molar-refractivity contribution in [2.45, 2.75) is 19.3 Å².